The Labute approximate surface area is 90.9 Å². The first kappa shape index (κ1) is 14.0. The second-order valence-electron chi connectivity index (χ2n) is 4.72. The van der Waals surface area contributed by atoms with Crippen molar-refractivity contribution in [1.29, 1.82) is 0 Å². The maximum absolute atomic E-state index is 2.41. The third-order valence-electron chi connectivity index (χ3n) is 2.82. The standard InChI is InChI=1S/C7H15N.C6H14/c1-7-4-3-5-8(2)6-7;1-3-5-6-4-2/h7H,3-6H2,1-2H3;3-6H2,1-2H3. The number of unbranched alkanes of at least 4 members (excludes halogenated alkanes) is 3. The molecule has 0 spiro atoms. The van der Waals surface area contributed by atoms with Gasteiger partial charge < -0.3 is 4.90 Å². The topological polar surface area (TPSA) is 3.24 Å². The van der Waals surface area contributed by atoms with Crippen LogP contribution in [0.15, 0.2) is 0 Å². The quantitative estimate of drug-likeness (QED) is 0.622. The van der Waals surface area contributed by atoms with Crippen LogP contribution in [0.2, 0.25) is 0 Å². The monoisotopic (exact) mass is 199 g/mol. The molecule has 0 aromatic heterocycles. The lowest BCUT2D eigenvalue weighted by molar-refractivity contribution is 0.221. The summed E-state index contributed by atoms with van der Waals surface area (Å²) < 4.78 is 0. The molecule has 1 saturated heterocycles. The molecular weight excluding hydrogens is 170 g/mol. The van der Waals surface area contributed by atoms with E-state index in [-0.39, 0.29) is 0 Å². The molecule has 0 bridgehead atoms. The van der Waals surface area contributed by atoms with Crippen LogP contribution >= 0.6 is 0 Å². The van der Waals surface area contributed by atoms with E-state index in [0.29, 0.717) is 0 Å². The Balaban J connectivity index is 0.000000255. The number of nitrogens with zero attached hydrogens (tertiary/aromatic N) is 1. The van der Waals surface area contributed by atoms with E-state index >= 15 is 0 Å². The van der Waals surface area contributed by atoms with E-state index in [9.17, 15) is 0 Å². The molecule has 1 nitrogen and oxygen atoms in total. The van der Waals surface area contributed by atoms with E-state index in [4.69, 9.17) is 0 Å². The fraction of sp³-hybridized carbons (Fsp3) is 1.00. The molecule has 86 valence electrons. The van der Waals surface area contributed by atoms with Crippen LogP contribution in [0.3, 0.4) is 0 Å². The second kappa shape index (κ2) is 9.51. The van der Waals surface area contributed by atoms with E-state index in [1.54, 1.807) is 0 Å². The van der Waals surface area contributed by atoms with E-state index in [1.807, 2.05) is 0 Å². The summed E-state index contributed by atoms with van der Waals surface area (Å²) in [7, 11) is 2.20. The van der Waals surface area contributed by atoms with Crippen LogP contribution in [0.4, 0.5) is 0 Å². The van der Waals surface area contributed by atoms with Crippen molar-refractivity contribution in [3.63, 3.8) is 0 Å². The van der Waals surface area contributed by atoms with Gasteiger partial charge in [-0.05, 0) is 32.4 Å². The van der Waals surface area contributed by atoms with Crippen molar-refractivity contribution in [1.82, 2.24) is 4.90 Å². The van der Waals surface area contributed by atoms with Gasteiger partial charge in [0.1, 0.15) is 0 Å². The van der Waals surface area contributed by atoms with Gasteiger partial charge in [-0.1, -0.05) is 46.5 Å². The van der Waals surface area contributed by atoms with Gasteiger partial charge in [0.15, 0.2) is 0 Å². The highest BCUT2D eigenvalue weighted by Gasteiger charge is 2.11. The van der Waals surface area contributed by atoms with Crippen LogP contribution < -0.4 is 0 Å². The number of piperidine rings is 1. The lowest BCUT2D eigenvalue weighted by Crippen LogP contribution is -2.30. The summed E-state index contributed by atoms with van der Waals surface area (Å²) in [6.45, 7) is 9.41. The summed E-state index contributed by atoms with van der Waals surface area (Å²) in [4.78, 5) is 2.41. The van der Waals surface area contributed by atoms with Gasteiger partial charge in [-0.2, -0.15) is 0 Å². The maximum Gasteiger partial charge on any atom is 0.000398 e. The number of hydrogen-bond acceptors (Lipinski definition) is 1. The normalized spacial score (nSPS) is 22.7. The lowest BCUT2D eigenvalue weighted by atomic mass is 10.0. The van der Waals surface area contributed by atoms with Crippen molar-refractivity contribution in [3.05, 3.63) is 0 Å². The lowest BCUT2D eigenvalue weighted by Gasteiger charge is -2.26. The zero-order chi connectivity index (χ0) is 10.8. The molecule has 0 saturated carbocycles. The molecule has 0 aromatic carbocycles. The molecule has 0 aliphatic carbocycles. The highest BCUT2D eigenvalue weighted by Crippen LogP contribution is 2.12. The zero-order valence-corrected chi connectivity index (χ0v) is 10.7. The van der Waals surface area contributed by atoms with E-state index in [2.05, 4.69) is 32.7 Å². The van der Waals surface area contributed by atoms with Gasteiger partial charge in [0, 0.05) is 6.54 Å². The zero-order valence-electron chi connectivity index (χ0n) is 10.7. The van der Waals surface area contributed by atoms with Crippen molar-refractivity contribution in [2.45, 2.75) is 59.3 Å². The molecule has 0 amide bonds. The summed E-state index contributed by atoms with van der Waals surface area (Å²) in [5.74, 6) is 0.939. The third-order valence-corrected chi connectivity index (χ3v) is 2.82. The molecule has 1 atom stereocenters. The van der Waals surface area contributed by atoms with Crippen molar-refractivity contribution in [3.8, 4) is 0 Å². The third kappa shape index (κ3) is 8.55. The first-order valence-electron chi connectivity index (χ1n) is 6.39. The van der Waals surface area contributed by atoms with Gasteiger partial charge in [-0.25, -0.2) is 0 Å². The van der Waals surface area contributed by atoms with Gasteiger partial charge in [0.05, 0.1) is 0 Å². The van der Waals surface area contributed by atoms with Crippen LogP contribution in [0.5, 0.6) is 0 Å². The first-order valence-corrected chi connectivity index (χ1v) is 6.39. The van der Waals surface area contributed by atoms with E-state index < -0.39 is 0 Å². The Morgan fingerprint density at radius 3 is 2.00 bits per heavy atom. The average molecular weight is 199 g/mol. The van der Waals surface area contributed by atoms with Crippen LogP contribution in [0, 0.1) is 5.92 Å². The summed E-state index contributed by atoms with van der Waals surface area (Å²) >= 11 is 0. The smallest absolute Gasteiger partial charge is 0.000398 e. The first-order chi connectivity index (χ1) is 6.70. The molecule has 1 aliphatic rings. The average Bonchev–Trinajstić information content (AvgIpc) is 2.15. The van der Waals surface area contributed by atoms with Gasteiger partial charge in [0.25, 0.3) is 0 Å². The minimum Gasteiger partial charge on any atom is -0.306 e. The number of likely N-dealkylation sites (tertiary alicyclic amines) is 1. The number of hydrogen-bond donors (Lipinski definition) is 0. The Kier molecular flexibility index (Phi) is 9.49. The van der Waals surface area contributed by atoms with Gasteiger partial charge in [-0.15, -0.1) is 0 Å². The summed E-state index contributed by atoms with van der Waals surface area (Å²) in [6.07, 6.45) is 8.37. The highest BCUT2D eigenvalue weighted by atomic mass is 15.1. The van der Waals surface area contributed by atoms with Crippen molar-refractivity contribution in [2.75, 3.05) is 20.1 Å². The van der Waals surface area contributed by atoms with Gasteiger partial charge >= 0.3 is 0 Å². The predicted octanol–water partition coefficient (Wildman–Crippen LogP) is 3.93. The fourth-order valence-corrected chi connectivity index (χ4v) is 1.92. The Bertz CT molecular complexity index is 99.8. The minimum absolute atomic E-state index is 0.939. The van der Waals surface area contributed by atoms with Crippen LogP contribution in [0.1, 0.15) is 59.3 Å². The number of rotatable bonds is 3. The van der Waals surface area contributed by atoms with Crippen LogP contribution in [-0.4, -0.2) is 25.0 Å². The second-order valence-corrected chi connectivity index (χ2v) is 4.72. The molecule has 0 aromatic rings. The fourth-order valence-electron chi connectivity index (χ4n) is 1.92. The van der Waals surface area contributed by atoms with Crippen molar-refractivity contribution >= 4 is 0 Å². The van der Waals surface area contributed by atoms with E-state index in [1.165, 1.54) is 51.6 Å². The molecule has 1 heteroatoms. The molecular formula is C13H29N. The Morgan fingerprint density at radius 1 is 1.14 bits per heavy atom. The van der Waals surface area contributed by atoms with E-state index in [0.717, 1.165) is 5.92 Å². The molecule has 1 rings (SSSR count). The molecule has 1 aliphatic heterocycles. The van der Waals surface area contributed by atoms with Crippen LogP contribution in [-0.2, 0) is 0 Å². The van der Waals surface area contributed by atoms with Crippen LogP contribution in [0.25, 0.3) is 0 Å². The van der Waals surface area contributed by atoms with Gasteiger partial charge in [0.2, 0.25) is 0 Å². The summed E-state index contributed by atoms with van der Waals surface area (Å²) in [5, 5.41) is 0. The largest absolute Gasteiger partial charge is 0.306 e. The molecule has 1 fully saturated rings. The summed E-state index contributed by atoms with van der Waals surface area (Å²) in [6, 6.07) is 0. The molecule has 0 N–H and O–H groups in total. The van der Waals surface area contributed by atoms with Crippen molar-refractivity contribution in [2.24, 2.45) is 5.92 Å². The SMILES string of the molecule is CC1CCCN(C)C1.CCCCCC. The van der Waals surface area contributed by atoms with Gasteiger partial charge in [-0.3, -0.25) is 0 Å². The Hall–Kier alpha value is -0.0400. The molecule has 0 radical (unpaired) electrons. The minimum atomic E-state index is 0.939. The Morgan fingerprint density at radius 2 is 1.71 bits per heavy atom. The summed E-state index contributed by atoms with van der Waals surface area (Å²) in [5.41, 5.74) is 0. The maximum atomic E-state index is 2.41. The molecule has 1 unspecified atom stereocenters. The molecule has 14 heavy (non-hydrogen) atoms. The molecule has 1 heterocycles. The van der Waals surface area contributed by atoms with Crippen molar-refractivity contribution < 1.29 is 0 Å². The highest BCUT2D eigenvalue weighted by molar-refractivity contribution is 4.65. The predicted molar refractivity (Wildman–Crippen MR) is 65.7 cm³/mol.